The van der Waals surface area contributed by atoms with Gasteiger partial charge in [0.25, 0.3) is 0 Å². The van der Waals surface area contributed by atoms with E-state index in [1.54, 1.807) is 4.68 Å². The van der Waals surface area contributed by atoms with Crippen LogP contribution in [0.2, 0.25) is 0 Å². The lowest BCUT2D eigenvalue weighted by Crippen LogP contribution is -2.30. The summed E-state index contributed by atoms with van der Waals surface area (Å²) in [5.74, 6) is 1.20. The number of hydrogen-bond donors (Lipinski definition) is 1. The van der Waals surface area contributed by atoms with Crippen molar-refractivity contribution >= 4 is 11.9 Å². The Morgan fingerprint density at radius 2 is 1.84 bits per heavy atom. The van der Waals surface area contributed by atoms with E-state index in [9.17, 15) is 0 Å². The third-order valence-electron chi connectivity index (χ3n) is 3.60. The molecule has 0 unspecified atom stereocenters. The number of anilines is 2. The minimum absolute atomic E-state index is 0.454. The maximum Gasteiger partial charge on any atom is 0.246 e. The highest BCUT2D eigenvalue weighted by molar-refractivity contribution is 5.47. The number of aromatic nitrogens is 3. The van der Waals surface area contributed by atoms with E-state index < -0.39 is 0 Å². The van der Waals surface area contributed by atoms with Crippen LogP contribution in [0, 0.1) is 6.92 Å². The summed E-state index contributed by atoms with van der Waals surface area (Å²) in [4.78, 5) is 6.62. The van der Waals surface area contributed by atoms with Gasteiger partial charge in [-0.05, 0) is 37.8 Å². The summed E-state index contributed by atoms with van der Waals surface area (Å²) >= 11 is 0. The minimum Gasteiger partial charge on any atom is -0.368 e. The van der Waals surface area contributed by atoms with Crippen LogP contribution in [-0.2, 0) is 0 Å². The molecule has 1 fully saturated rings. The Morgan fingerprint density at radius 1 is 1.11 bits per heavy atom. The van der Waals surface area contributed by atoms with E-state index in [2.05, 4.69) is 28.0 Å². The van der Waals surface area contributed by atoms with Crippen LogP contribution in [0.4, 0.5) is 11.9 Å². The molecule has 2 N–H and O–H groups in total. The van der Waals surface area contributed by atoms with Gasteiger partial charge in [0.05, 0.1) is 5.69 Å². The monoisotopic (exact) mass is 257 g/mol. The zero-order chi connectivity index (χ0) is 13.2. The number of hydrogen-bond acceptors (Lipinski definition) is 4. The fraction of sp³-hybridized carbons (Fsp3) is 0.429. The van der Waals surface area contributed by atoms with Crippen molar-refractivity contribution in [3.05, 3.63) is 29.8 Å². The number of piperidine rings is 1. The first-order valence-electron chi connectivity index (χ1n) is 6.79. The lowest BCUT2D eigenvalue weighted by atomic mass is 10.1. The first-order valence-corrected chi connectivity index (χ1v) is 6.79. The highest BCUT2D eigenvalue weighted by Crippen LogP contribution is 2.21. The number of nitrogens with zero attached hydrogens (tertiary/aromatic N) is 4. The molecular formula is C14H19N5. The first-order chi connectivity index (χ1) is 9.25. The van der Waals surface area contributed by atoms with Crippen molar-refractivity contribution in [3.63, 3.8) is 0 Å². The van der Waals surface area contributed by atoms with E-state index in [1.165, 1.54) is 19.3 Å². The van der Waals surface area contributed by atoms with Gasteiger partial charge in [-0.1, -0.05) is 18.2 Å². The Hall–Kier alpha value is -2.04. The largest absolute Gasteiger partial charge is 0.368 e. The summed E-state index contributed by atoms with van der Waals surface area (Å²) < 4.78 is 1.74. The molecule has 0 aliphatic carbocycles. The summed E-state index contributed by atoms with van der Waals surface area (Å²) in [7, 11) is 0. The van der Waals surface area contributed by atoms with Crippen LogP contribution < -0.4 is 10.6 Å². The van der Waals surface area contributed by atoms with Gasteiger partial charge >= 0.3 is 0 Å². The molecule has 1 aromatic heterocycles. The first kappa shape index (κ1) is 12.0. The molecule has 5 nitrogen and oxygen atoms in total. The lowest BCUT2D eigenvalue weighted by molar-refractivity contribution is 0.568. The van der Waals surface area contributed by atoms with Crippen molar-refractivity contribution < 1.29 is 0 Å². The average Bonchev–Trinajstić information content (AvgIpc) is 2.82. The molecule has 100 valence electrons. The number of rotatable bonds is 2. The molecule has 1 aromatic carbocycles. The summed E-state index contributed by atoms with van der Waals surface area (Å²) in [5, 5.41) is 4.57. The Balaban J connectivity index is 1.95. The molecule has 0 amide bonds. The molecule has 19 heavy (non-hydrogen) atoms. The van der Waals surface area contributed by atoms with Gasteiger partial charge in [-0.25, -0.2) is 0 Å². The maximum absolute atomic E-state index is 6.01. The molecule has 0 radical (unpaired) electrons. The van der Waals surface area contributed by atoms with Gasteiger partial charge in [0.2, 0.25) is 11.9 Å². The summed E-state index contributed by atoms with van der Waals surface area (Å²) in [6.07, 6.45) is 3.71. The van der Waals surface area contributed by atoms with Crippen molar-refractivity contribution in [3.8, 4) is 5.69 Å². The van der Waals surface area contributed by atoms with Crippen LogP contribution in [0.3, 0.4) is 0 Å². The van der Waals surface area contributed by atoms with Crippen LogP contribution in [0.15, 0.2) is 24.3 Å². The Morgan fingerprint density at radius 3 is 2.58 bits per heavy atom. The number of benzene rings is 1. The van der Waals surface area contributed by atoms with Crippen molar-refractivity contribution in [1.82, 2.24) is 14.8 Å². The highest BCUT2D eigenvalue weighted by Gasteiger charge is 2.17. The fourth-order valence-electron chi connectivity index (χ4n) is 2.52. The summed E-state index contributed by atoms with van der Waals surface area (Å²) in [5.41, 5.74) is 8.15. The molecule has 1 aliphatic heterocycles. The van der Waals surface area contributed by atoms with Gasteiger partial charge in [0.1, 0.15) is 0 Å². The zero-order valence-electron chi connectivity index (χ0n) is 11.2. The zero-order valence-corrected chi connectivity index (χ0v) is 11.2. The Kier molecular flexibility index (Phi) is 3.11. The van der Waals surface area contributed by atoms with Crippen molar-refractivity contribution in [2.45, 2.75) is 26.2 Å². The van der Waals surface area contributed by atoms with Crippen LogP contribution in [0.25, 0.3) is 5.69 Å². The predicted octanol–water partition coefficient (Wildman–Crippen LogP) is 2.15. The van der Waals surface area contributed by atoms with Crippen LogP contribution >= 0.6 is 0 Å². The van der Waals surface area contributed by atoms with Gasteiger partial charge in [-0.2, -0.15) is 9.67 Å². The molecule has 2 aromatic rings. The standard InChI is InChI=1S/C14H19N5/c1-11-7-3-4-8-12(11)19-13(15)16-14(17-19)18-9-5-2-6-10-18/h3-4,7-8H,2,5-6,9-10H2,1H3,(H2,15,16,17). The van der Waals surface area contributed by atoms with Gasteiger partial charge in [0.15, 0.2) is 0 Å². The quantitative estimate of drug-likeness (QED) is 0.895. The Labute approximate surface area is 113 Å². The number of para-hydroxylation sites is 1. The SMILES string of the molecule is Cc1ccccc1-n1nc(N2CCCCC2)nc1N. The van der Waals surface area contributed by atoms with E-state index in [0.717, 1.165) is 30.3 Å². The van der Waals surface area contributed by atoms with E-state index in [1.807, 2.05) is 18.2 Å². The van der Waals surface area contributed by atoms with Gasteiger partial charge in [0, 0.05) is 13.1 Å². The molecular weight excluding hydrogens is 238 g/mol. The van der Waals surface area contributed by atoms with Crippen LogP contribution in [0.1, 0.15) is 24.8 Å². The number of nitrogens with two attached hydrogens (primary N) is 1. The van der Waals surface area contributed by atoms with Crippen molar-refractivity contribution in [1.29, 1.82) is 0 Å². The molecule has 3 rings (SSSR count). The van der Waals surface area contributed by atoms with E-state index in [0.29, 0.717) is 5.95 Å². The molecule has 0 bridgehead atoms. The van der Waals surface area contributed by atoms with Crippen molar-refractivity contribution in [2.75, 3.05) is 23.7 Å². The summed E-state index contributed by atoms with van der Waals surface area (Å²) in [6, 6.07) is 8.07. The lowest BCUT2D eigenvalue weighted by Gasteiger charge is -2.24. The van der Waals surface area contributed by atoms with Crippen LogP contribution in [-0.4, -0.2) is 27.9 Å². The van der Waals surface area contributed by atoms with E-state index >= 15 is 0 Å². The van der Waals surface area contributed by atoms with Gasteiger partial charge < -0.3 is 10.6 Å². The second kappa shape index (κ2) is 4.91. The Bertz CT molecular complexity index is 569. The smallest absolute Gasteiger partial charge is 0.246 e. The number of aryl methyl sites for hydroxylation is 1. The normalized spacial score (nSPS) is 15.7. The van der Waals surface area contributed by atoms with Gasteiger partial charge in [-0.3, -0.25) is 0 Å². The van der Waals surface area contributed by atoms with E-state index in [-0.39, 0.29) is 0 Å². The molecule has 0 saturated carbocycles. The molecule has 5 heteroatoms. The highest BCUT2D eigenvalue weighted by atomic mass is 15.5. The fourth-order valence-corrected chi connectivity index (χ4v) is 2.52. The minimum atomic E-state index is 0.454. The second-order valence-electron chi connectivity index (χ2n) is 5.02. The van der Waals surface area contributed by atoms with Crippen LogP contribution in [0.5, 0.6) is 0 Å². The number of nitrogen functional groups attached to an aromatic ring is 1. The molecule has 1 aliphatic rings. The maximum atomic E-state index is 6.01. The molecule has 2 heterocycles. The molecule has 0 spiro atoms. The topological polar surface area (TPSA) is 60.0 Å². The predicted molar refractivity (Wildman–Crippen MR) is 76.6 cm³/mol. The third kappa shape index (κ3) is 2.28. The van der Waals surface area contributed by atoms with Crippen molar-refractivity contribution in [2.24, 2.45) is 0 Å². The average molecular weight is 257 g/mol. The molecule has 1 saturated heterocycles. The van der Waals surface area contributed by atoms with Gasteiger partial charge in [-0.15, -0.1) is 5.10 Å². The third-order valence-corrected chi connectivity index (χ3v) is 3.60. The molecule has 0 atom stereocenters. The second-order valence-corrected chi connectivity index (χ2v) is 5.02. The van der Waals surface area contributed by atoms with E-state index in [4.69, 9.17) is 5.73 Å². The summed E-state index contributed by atoms with van der Waals surface area (Å²) in [6.45, 7) is 4.10.